The number of aryl methyl sites for hydroxylation is 1. The van der Waals surface area contributed by atoms with Crippen LogP contribution in [0.4, 0.5) is 4.39 Å². The van der Waals surface area contributed by atoms with Crippen LogP contribution in [0.25, 0.3) is 11.4 Å². The van der Waals surface area contributed by atoms with E-state index in [-0.39, 0.29) is 11.7 Å². The van der Waals surface area contributed by atoms with E-state index in [1.165, 1.54) is 44.2 Å². The van der Waals surface area contributed by atoms with Crippen LogP contribution in [0.1, 0.15) is 64.2 Å². The summed E-state index contributed by atoms with van der Waals surface area (Å²) in [6.45, 7) is 2.94. The standard InChI is InChI=1S/C20H28FN3O2/c1-2-3-4-5-6-7-8-15-22-18(25)13-14-19-23-20(24-26-19)16-9-11-17(21)12-10-16/h9-12H,2-8,13-15H2,1H3,(H,22,25). The van der Waals surface area contributed by atoms with Gasteiger partial charge in [0.05, 0.1) is 0 Å². The Labute approximate surface area is 154 Å². The largest absolute Gasteiger partial charge is 0.356 e. The van der Waals surface area contributed by atoms with E-state index in [9.17, 15) is 9.18 Å². The summed E-state index contributed by atoms with van der Waals surface area (Å²) >= 11 is 0. The zero-order valence-corrected chi connectivity index (χ0v) is 15.5. The van der Waals surface area contributed by atoms with E-state index in [2.05, 4.69) is 22.4 Å². The van der Waals surface area contributed by atoms with Crippen molar-refractivity contribution in [3.63, 3.8) is 0 Å². The molecule has 0 saturated heterocycles. The molecule has 0 unspecified atom stereocenters. The molecule has 0 spiro atoms. The third-order valence-corrected chi connectivity index (χ3v) is 4.24. The number of hydrogen-bond donors (Lipinski definition) is 1. The summed E-state index contributed by atoms with van der Waals surface area (Å²) < 4.78 is 18.1. The lowest BCUT2D eigenvalue weighted by Crippen LogP contribution is -2.24. The van der Waals surface area contributed by atoms with Gasteiger partial charge < -0.3 is 9.84 Å². The molecule has 0 radical (unpaired) electrons. The topological polar surface area (TPSA) is 68.0 Å². The molecule has 0 atom stereocenters. The molecule has 1 aromatic heterocycles. The van der Waals surface area contributed by atoms with E-state index >= 15 is 0 Å². The number of benzene rings is 1. The van der Waals surface area contributed by atoms with E-state index in [0.29, 0.717) is 30.1 Å². The number of carbonyl (C=O) groups excluding carboxylic acids is 1. The lowest BCUT2D eigenvalue weighted by molar-refractivity contribution is -0.121. The van der Waals surface area contributed by atoms with Gasteiger partial charge in [0.1, 0.15) is 5.82 Å². The molecule has 0 aliphatic heterocycles. The molecule has 5 nitrogen and oxygen atoms in total. The smallest absolute Gasteiger partial charge is 0.227 e. The summed E-state index contributed by atoms with van der Waals surface area (Å²) in [5.41, 5.74) is 0.685. The Kier molecular flexibility index (Phi) is 8.79. The molecular formula is C20H28FN3O2. The summed E-state index contributed by atoms with van der Waals surface area (Å²) in [7, 11) is 0. The number of rotatable bonds is 12. The highest BCUT2D eigenvalue weighted by Crippen LogP contribution is 2.16. The Morgan fingerprint density at radius 1 is 1.08 bits per heavy atom. The summed E-state index contributed by atoms with van der Waals surface area (Å²) in [4.78, 5) is 16.1. The van der Waals surface area contributed by atoms with E-state index in [1.807, 2.05) is 0 Å². The minimum absolute atomic E-state index is 0.00230. The van der Waals surface area contributed by atoms with Crippen LogP contribution in [0, 0.1) is 5.82 Å². The fourth-order valence-corrected chi connectivity index (χ4v) is 2.69. The van der Waals surface area contributed by atoms with Crippen LogP contribution in [0.2, 0.25) is 0 Å². The molecule has 0 aliphatic carbocycles. The van der Waals surface area contributed by atoms with Crippen molar-refractivity contribution in [1.82, 2.24) is 15.5 Å². The van der Waals surface area contributed by atoms with Gasteiger partial charge >= 0.3 is 0 Å². The Morgan fingerprint density at radius 2 is 1.77 bits per heavy atom. The van der Waals surface area contributed by atoms with Gasteiger partial charge in [0.15, 0.2) is 0 Å². The number of carbonyl (C=O) groups is 1. The van der Waals surface area contributed by atoms with Gasteiger partial charge in [0.25, 0.3) is 0 Å². The molecule has 6 heteroatoms. The van der Waals surface area contributed by atoms with Crippen molar-refractivity contribution in [2.75, 3.05) is 6.54 Å². The molecule has 0 fully saturated rings. The van der Waals surface area contributed by atoms with Crippen LogP contribution in [0.15, 0.2) is 28.8 Å². The second-order valence-corrected chi connectivity index (χ2v) is 6.49. The van der Waals surface area contributed by atoms with Gasteiger partial charge in [-0.15, -0.1) is 0 Å². The second-order valence-electron chi connectivity index (χ2n) is 6.49. The van der Waals surface area contributed by atoms with Crippen molar-refractivity contribution in [2.24, 2.45) is 0 Å². The lowest BCUT2D eigenvalue weighted by atomic mass is 10.1. The maximum absolute atomic E-state index is 12.9. The molecule has 0 aliphatic rings. The van der Waals surface area contributed by atoms with Gasteiger partial charge in [0, 0.05) is 24.9 Å². The van der Waals surface area contributed by atoms with Crippen molar-refractivity contribution in [3.8, 4) is 11.4 Å². The quantitative estimate of drug-likeness (QED) is 0.558. The maximum atomic E-state index is 12.9. The maximum Gasteiger partial charge on any atom is 0.227 e. The number of amides is 1. The first-order valence-corrected chi connectivity index (χ1v) is 9.54. The number of hydrogen-bond acceptors (Lipinski definition) is 4. The Bertz CT molecular complexity index is 655. The molecule has 1 heterocycles. The third-order valence-electron chi connectivity index (χ3n) is 4.24. The highest BCUT2D eigenvalue weighted by molar-refractivity contribution is 5.75. The predicted molar refractivity (Wildman–Crippen MR) is 99.0 cm³/mol. The zero-order valence-electron chi connectivity index (χ0n) is 15.5. The number of aromatic nitrogens is 2. The molecule has 142 valence electrons. The highest BCUT2D eigenvalue weighted by Gasteiger charge is 2.10. The minimum Gasteiger partial charge on any atom is -0.356 e. The number of nitrogens with one attached hydrogen (secondary N) is 1. The molecule has 26 heavy (non-hydrogen) atoms. The first kappa shape index (κ1) is 20.1. The van der Waals surface area contributed by atoms with Crippen molar-refractivity contribution >= 4 is 5.91 Å². The van der Waals surface area contributed by atoms with Crippen molar-refractivity contribution in [3.05, 3.63) is 36.0 Å². The van der Waals surface area contributed by atoms with E-state index in [4.69, 9.17) is 4.52 Å². The van der Waals surface area contributed by atoms with Crippen LogP contribution >= 0.6 is 0 Å². The van der Waals surface area contributed by atoms with Gasteiger partial charge in [-0.05, 0) is 30.7 Å². The van der Waals surface area contributed by atoms with Crippen molar-refractivity contribution < 1.29 is 13.7 Å². The summed E-state index contributed by atoms with van der Waals surface area (Å²) in [5.74, 6) is 0.506. The van der Waals surface area contributed by atoms with Crippen LogP contribution in [-0.4, -0.2) is 22.6 Å². The van der Waals surface area contributed by atoms with Crippen LogP contribution in [0.3, 0.4) is 0 Å². The number of halogens is 1. The minimum atomic E-state index is -0.310. The average molecular weight is 361 g/mol. The van der Waals surface area contributed by atoms with E-state index in [1.54, 1.807) is 12.1 Å². The van der Waals surface area contributed by atoms with Crippen LogP contribution in [0.5, 0.6) is 0 Å². The predicted octanol–water partition coefficient (Wildman–Crippen LogP) is 4.68. The van der Waals surface area contributed by atoms with E-state index in [0.717, 1.165) is 19.4 Å². The molecule has 0 bridgehead atoms. The van der Waals surface area contributed by atoms with Crippen LogP contribution in [-0.2, 0) is 11.2 Å². The van der Waals surface area contributed by atoms with Gasteiger partial charge in [0.2, 0.25) is 17.6 Å². The number of unbranched alkanes of at least 4 members (excludes halogenated alkanes) is 6. The summed E-state index contributed by atoms with van der Waals surface area (Å²) in [5, 5.41) is 6.80. The molecular weight excluding hydrogens is 333 g/mol. The first-order valence-electron chi connectivity index (χ1n) is 9.54. The monoisotopic (exact) mass is 361 g/mol. The molecule has 0 saturated carbocycles. The second kappa shape index (κ2) is 11.4. The molecule has 2 rings (SSSR count). The van der Waals surface area contributed by atoms with E-state index < -0.39 is 0 Å². The fourth-order valence-electron chi connectivity index (χ4n) is 2.69. The van der Waals surface area contributed by atoms with Crippen molar-refractivity contribution in [1.29, 1.82) is 0 Å². The molecule has 1 amide bonds. The lowest BCUT2D eigenvalue weighted by Gasteiger charge is -2.04. The average Bonchev–Trinajstić information content (AvgIpc) is 3.12. The number of nitrogens with zero attached hydrogens (tertiary/aromatic N) is 2. The summed E-state index contributed by atoms with van der Waals surface area (Å²) in [6.07, 6.45) is 9.32. The van der Waals surface area contributed by atoms with Gasteiger partial charge in [-0.25, -0.2) is 4.39 Å². The van der Waals surface area contributed by atoms with Gasteiger partial charge in [-0.3, -0.25) is 4.79 Å². The Morgan fingerprint density at radius 3 is 2.50 bits per heavy atom. The van der Waals surface area contributed by atoms with Gasteiger partial charge in [-0.2, -0.15) is 4.98 Å². The summed E-state index contributed by atoms with van der Waals surface area (Å²) in [6, 6.07) is 5.89. The van der Waals surface area contributed by atoms with Crippen molar-refractivity contribution in [2.45, 2.75) is 64.7 Å². The SMILES string of the molecule is CCCCCCCCCNC(=O)CCc1nc(-c2ccc(F)cc2)no1. The zero-order chi connectivity index (χ0) is 18.6. The third kappa shape index (κ3) is 7.33. The normalized spacial score (nSPS) is 10.8. The Hall–Kier alpha value is -2.24. The molecule has 1 aromatic carbocycles. The van der Waals surface area contributed by atoms with Gasteiger partial charge in [-0.1, -0.05) is 50.6 Å². The molecule has 2 aromatic rings. The Balaban J connectivity index is 1.60. The molecule has 1 N–H and O–H groups in total. The first-order chi connectivity index (χ1) is 12.7. The highest BCUT2D eigenvalue weighted by atomic mass is 19.1. The fraction of sp³-hybridized carbons (Fsp3) is 0.550. The van der Waals surface area contributed by atoms with Crippen LogP contribution < -0.4 is 5.32 Å².